The third kappa shape index (κ3) is 5.17. The number of benzene rings is 2. The molecule has 1 aliphatic rings. The van der Waals surface area contributed by atoms with Gasteiger partial charge in [-0.2, -0.15) is 0 Å². The molecule has 2 atom stereocenters. The summed E-state index contributed by atoms with van der Waals surface area (Å²) in [5.74, 6) is 0.763. The van der Waals surface area contributed by atoms with Gasteiger partial charge in [-0.3, -0.25) is 9.59 Å². The predicted octanol–water partition coefficient (Wildman–Crippen LogP) is 4.98. The number of ether oxygens (including phenoxy) is 1. The maximum absolute atomic E-state index is 12.7. The van der Waals surface area contributed by atoms with E-state index in [9.17, 15) is 9.59 Å². The van der Waals surface area contributed by atoms with Crippen molar-refractivity contribution < 1.29 is 14.3 Å². The molecule has 5 heteroatoms. The summed E-state index contributed by atoms with van der Waals surface area (Å²) in [5, 5.41) is 2.95. The Morgan fingerprint density at radius 3 is 2.34 bits per heavy atom. The molecule has 0 spiro atoms. The molecule has 0 radical (unpaired) electrons. The number of hydrogen-bond donors (Lipinski definition) is 1. The zero-order valence-corrected chi connectivity index (χ0v) is 17.6. The number of rotatable bonds is 7. The molecule has 0 aromatic heterocycles. The molecule has 1 heterocycles. The van der Waals surface area contributed by atoms with Crippen molar-refractivity contribution in [2.24, 2.45) is 5.92 Å². The normalized spacial score (nSPS) is 17.5. The molecule has 1 aliphatic heterocycles. The van der Waals surface area contributed by atoms with Crippen molar-refractivity contribution in [2.75, 3.05) is 16.8 Å². The molecule has 2 aromatic carbocycles. The summed E-state index contributed by atoms with van der Waals surface area (Å²) in [4.78, 5) is 26.8. The van der Waals surface area contributed by atoms with Crippen LogP contribution in [0.25, 0.3) is 0 Å². The molecule has 3 rings (SSSR count). The van der Waals surface area contributed by atoms with E-state index in [4.69, 9.17) is 4.74 Å². The van der Waals surface area contributed by atoms with Gasteiger partial charge < -0.3 is 15.0 Å². The fourth-order valence-electron chi connectivity index (χ4n) is 3.48. The van der Waals surface area contributed by atoms with Crippen LogP contribution in [-0.4, -0.2) is 24.5 Å². The summed E-state index contributed by atoms with van der Waals surface area (Å²) in [7, 11) is 0. The van der Waals surface area contributed by atoms with Gasteiger partial charge in [-0.1, -0.05) is 26.0 Å². The number of carbonyl (C=O) groups is 2. The molecular weight excluding hydrogens is 364 g/mol. The first-order valence-electron chi connectivity index (χ1n) is 10.3. The summed E-state index contributed by atoms with van der Waals surface area (Å²) in [6, 6.07) is 15.4. The van der Waals surface area contributed by atoms with E-state index < -0.39 is 0 Å². The number of carbonyl (C=O) groups excluding carboxylic acids is 2. The third-order valence-electron chi connectivity index (χ3n) is 5.38. The Morgan fingerprint density at radius 1 is 1.10 bits per heavy atom. The number of hydrogen-bond acceptors (Lipinski definition) is 3. The van der Waals surface area contributed by atoms with E-state index in [-0.39, 0.29) is 30.3 Å². The lowest BCUT2D eigenvalue weighted by Crippen LogP contribution is -2.28. The number of nitrogens with one attached hydrogen (secondary N) is 1. The number of nitrogens with zero attached hydrogens (tertiary/aromatic N) is 1. The van der Waals surface area contributed by atoms with E-state index in [1.54, 1.807) is 4.90 Å². The molecule has 0 bridgehead atoms. The Bertz CT molecular complexity index is 843. The second kappa shape index (κ2) is 9.12. The van der Waals surface area contributed by atoms with Gasteiger partial charge in [0, 0.05) is 24.3 Å². The molecule has 154 valence electrons. The average Bonchev–Trinajstić information content (AvgIpc) is 3.10. The summed E-state index contributed by atoms with van der Waals surface area (Å²) >= 11 is 0. The highest BCUT2D eigenvalue weighted by atomic mass is 16.5. The smallest absolute Gasteiger partial charge is 0.229 e. The van der Waals surface area contributed by atoms with Crippen LogP contribution in [0.3, 0.4) is 0 Å². The van der Waals surface area contributed by atoms with Gasteiger partial charge >= 0.3 is 0 Å². The molecule has 2 amide bonds. The third-order valence-corrected chi connectivity index (χ3v) is 5.38. The van der Waals surface area contributed by atoms with Gasteiger partial charge in [0.1, 0.15) is 5.75 Å². The summed E-state index contributed by atoms with van der Waals surface area (Å²) in [6.07, 6.45) is 1.40. The minimum atomic E-state index is -0.358. The monoisotopic (exact) mass is 394 g/mol. The van der Waals surface area contributed by atoms with Crippen molar-refractivity contribution in [3.8, 4) is 5.75 Å². The van der Waals surface area contributed by atoms with Crippen molar-refractivity contribution in [3.05, 3.63) is 54.1 Å². The second-order valence-corrected chi connectivity index (χ2v) is 7.99. The van der Waals surface area contributed by atoms with Crippen LogP contribution in [-0.2, 0) is 9.59 Å². The Hall–Kier alpha value is -2.82. The molecule has 2 aromatic rings. The van der Waals surface area contributed by atoms with Gasteiger partial charge in [-0.25, -0.2) is 0 Å². The van der Waals surface area contributed by atoms with Gasteiger partial charge in [0.15, 0.2) is 0 Å². The molecule has 29 heavy (non-hydrogen) atoms. The maximum atomic E-state index is 12.7. The fraction of sp³-hybridized carbons (Fsp3) is 0.417. The van der Waals surface area contributed by atoms with Gasteiger partial charge in [-0.15, -0.1) is 0 Å². The molecule has 0 saturated carbocycles. The van der Waals surface area contributed by atoms with Gasteiger partial charge in [-0.05, 0) is 68.1 Å². The van der Waals surface area contributed by atoms with Gasteiger partial charge in [0.2, 0.25) is 11.8 Å². The number of amides is 2. The Balaban J connectivity index is 1.61. The summed E-state index contributed by atoms with van der Waals surface area (Å²) in [5.41, 5.74) is 2.82. The van der Waals surface area contributed by atoms with Crippen LogP contribution in [0.5, 0.6) is 5.75 Å². The van der Waals surface area contributed by atoms with E-state index in [0.29, 0.717) is 12.5 Å². The van der Waals surface area contributed by atoms with Crippen LogP contribution in [0.4, 0.5) is 11.4 Å². The maximum Gasteiger partial charge on any atom is 0.229 e. The van der Waals surface area contributed by atoms with Gasteiger partial charge in [0.05, 0.1) is 12.0 Å². The Labute approximate surface area is 173 Å². The molecule has 1 saturated heterocycles. The van der Waals surface area contributed by atoms with Crippen LogP contribution in [0.15, 0.2) is 48.5 Å². The Morgan fingerprint density at radius 2 is 1.76 bits per heavy atom. The SMILES string of the molecule is CC[C@H](C)c1ccc(NC(=O)[C@H]2CC(=O)N(c3ccc(OC(C)C)cc3)C2)cc1. The highest BCUT2D eigenvalue weighted by molar-refractivity contribution is 6.03. The van der Waals surface area contributed by atoms with Crippen molar-refractivity contribution in [1.29, 1.82) is 0 Å². The van der Waals surface area contributed by atoms with E-state index in [2.05, 4.69) is 31.3 Å². The van der Waals surface area contributed by atoms with Crippen LogP contribution in [0.2, 0.25) is 0 Å². The first kappa shape index (κ1) is 20.9. The quantitative estimate of drug-likeness (QED) is 0.721. The van der Waals surface area contributed by atoms with Gasteiger partial charge in [0.25, 0.3) is 0 Å². The van der Waals surface area contributed by atoms with Crippen molar-refractivity contribution in [3.63, 3.8) is 0 Å². The predicted molar refractivity (Wildman–Crippen MR) is 116 cm³/mol. The highest BCUT2D eigenvalue weighted by Crippen LogP contribution is 2.28. The van der Waals surface area contributed by atoms with Crippen molar-refractivity contribution in [1.82, 2.24) is 0 Å². The van der Waals surface area contributed by atoms with Crippen LogP contribution in [0, 0.1) is 5.92 Å². The minimum absolute atomic E-state index is 0.0326. The molecular formula is C24H30N2O3. The average molecular weight is 395 g/mol. The highest BCUT2D eigenvalue weighted by Gasteiger charge is 2.35. The summed E-state index contributed by atoms with van der Waals surface area (Å²) < 4.78 is 5.65. The van der Waals surface area contributed by atoms with E-state index in [1.807, 2.05) is 50.2 Å². The molecule has 1 N–H and O–H groups in total. The lowest BCUT2D eigenvalue weighted by Gasteiger charge is -2.18. The number of anilines is 2. The largest absolute Gasteiger partial charge is 0.491 e. The zero-order chi connectivity index (χ0) is 21.0. The van der Waals surface area contributed by atoms with E-state index in [1.165, 1.54) is 5.56 Å². The second-order valence-electron chi connectivity index (χ2n) is 7.99. The molecule has 0 aliphatic carbocycles. The first-order chi connectivity index (χ1) is 13.9. The lowest BCUT2D eigenvalue weighted by atomic mass is 9.98. The van der Waals surface area contributed by atoms with Crippen LogP contribution >= 0.6 is 0 Å². The van der Waals surface area contributed by atoms with Crippen molar-refractivity contribution in [2.45, 2.75) is 52.6 Å². The first-order valence-corrected chi connectivity index (χ1v) is 10.3. The molecule has 5 nitrogen and oxygen atoms in total. The van der Waals surface area contributed by atoms with E-state index in [0.717, 1.165) is 23.5 Å². The molecule has 0 unspecified atom stereocenters. The summed E-state index contributed by atoms with van der Waals surface area (Å²) in [6.45, 7) is 8.68. The fourth-order valence-corrected chi connectivity index (χ4v) is 3.48. The topological polar surface area (TPSA) is 58.6 Å². The lowest BCUT2D eigenvalue weighted by molar-refractivity contribution is -0.122. The standard InChI is InChI=1S/C24H30N2O3/c1-5-17(4)18-6-8-20(9-7-18)25-24(28)19-14-23(27)26(15-19)21-10-12-22(13-11-21)29-16(2)3/h6-13,16-17,19H,5,14-15H2,1-4H3,(H,25,28)/t17-,19-/m0/s1. The minimum Gasteiger partial charge on any atom is -0.491 e. The van der Waals surface area contributed by atoms with Crippen molar-refractivity contribution >= 4 is 23.2 Å². The molecule has 1 fully saturated rings. The van der Waals surface area contributed by atoms with Crippen LogP contribution in [0.1, 0.15) is 52.0 Å². The Kier molecular flexibility index (Phi) is 6.57. The van der Waals surface area contributed by atoms with Crippen LogP contribution < -0.4 is 15.0 Å². The zero-order valence-electron chi connectivity index (χ0n) is 17.6. The van der Waals surface area contributed by atoms with E-state index >= 15 is 0 Å².